The van der Waals surface area contributed by atoms with E-state index in [1.807, 2.05) is 36.4 Å². The molecule has 0 aliphatic rings. The molecule has 0 saturated heterocycles. The van der Waals surface area contributed by atoms with Gasteiger partial charge in [0.15, 0.2) is 16.6 Å². The molecule has 0 spiro atoms. The van der Waals surface area contributed by atoms with Crippen LogP contribution < -0.4 is 19.1 Å². The first-order valence-electron chi connectivity index (χ1n) is 9.52. The number of carbonyl (C=O) groups excluding carboxylic acids is 1. The SMILES string of the molecule is COc1ccc2sc(N(Cc3ccccn3)C(=O)c3cccc(OC)c3OC)nc2c1. The van der Waals surface area contributed by atoms with E-state index in [9.17, 15) is 4.79 Å². The summed E-state index contributed by atoms with van der Waals surface area (Å²) in [5, 5.41) is 0.559. The Labute approximate surface area is 183 Å². The van der Waals surface area contributed by atoms with Gasteiger partial charge in [0.05, 0.1) is 49.3 Å². The predicted molar refractivity (Wildman–Crippen MR) is 120 cm³/mol. The molecule has 158 valence electrons. The second-order valence-corrected chi connectivity index (χ2v) is 7.59. The lowest BCUT2D eigenvalue weighted by Gasteiger charge is -2.21. The van der Waals surface area contributed by atoms with Crippen molar-refractivity contribution >= 4 is 32.6 Å². The van der Waals surface area contributed by atoms with E-state index < -0.39 is 0 Å². The summed E-state index contributed by atoms with van der Waals surface area (Å²) in [6, 6.07) is 16.5. The maximum Gasteiger partial charge on any atom is 0.264 e. The largest absolute Gasteiger partial charge is 0.497 e. The molecule has 0 fully saturated rings. The van der Waals surface area contributed by atoms with Crippen molar-refractivity contribution in [3.05, 3.63) is 72.1 Å². The average Bonchev–Trinajstić information content (AvgIpc) is 3.25. The number of amides is 1. The molecule has 0 aliphatic heterocycles. The van der Waals surface area contributed by atoms with Crippen LogP contribution in [0.4, 0.5) is 5.13 Å². The van der Waals surface area contributed by atoms with E-state index in [0.717, 1.165) is 15.9 Å². The molecule has 4 aromatic rings. The second-order valence-electron chi connectivity index (χ2n) is 6.58. The third-order valence-corrected chi connectivity index (χ3v) is 5.80. The molecular weight excluding hydrogens is 414 g/mol. The Bertz CT molecular complexity index is 1210. The van der Waals surface area contributed by atoms with Crippen LogP contribution in [-0.2, 0) is 6.54 Å². The first kappa shape index (κ1) is 20.6. The highest BCUT2D eigenvalue weighted by molar-refractivity contribution is 7.22. The van der Waals surface area contributed by atoms with Gasteiger partial charge in [-0.05, 0) is 36.4 Å². The van der Waals surface area contributed by atoms with Crippen LogP contribution in [0.3, 0.4) is 0 Å². The van der Waals surface area contributed by atoms with E-state index in [1.165, 1.54) is 18.4 Å². The van der Waals surface area contributed by atoms with E-state index in [-0.39, 0.29) is 12.5 Å². The monoisotopic (exact) mass is 435 g/mol. The van der Waals surface area contributed by atoms with Crippen molar-refractivity contribution in [2.24, 2.45) is 0 Å². The fraction of sp³-hybridized carbons (Fsp3) is 0.174. The number of nitrogens with zero attached hydrogens (tertiary/aromatic N) is 3. The van der Waals surface area contributed by atoms with Crippen LogP contribution in [0.1, 0.15) is 16.1 Å². The number of carbonyl (C=O) groups is 1. The number of anilines is 1. The van der Waals surface area contributed by atoms with Crippen molar-refractivity contribution in [2.45, 2.75) is 6.54 Å². The third-order valence-electron chi connectivity index (χ3n) is 4.74. The van der Waals surface area contributed by atoms with Gasteiger partial charge in [0, 0.05) is 12.3 Å². The molecule has 0 bridgehead atoms. The zero-order valence-corrected chi connectivity index (χ0v) is 18.2. The molecule has 2 heterocycles. The molecule has 8 heteroatoms. The molecule has 4 rings (SSSR count). The molecule has 0 aliphatic carbocycles. The number of fused-ring (bicyclic) bond motifs is 1. The molecule has 2 aromatic carbocycles. The fourth-order valence-electron chi connectivity index (χ4n) is 3.22. The summed E-state index contributed by atoms with van der Waals surface area (Å²) in [5.74, 6) is 1.32. The minimum atomic E-state index is -0.257. The first-order valence-corrected chi connectivity index (χ1v) is 10.3. The number of ether oxygens (including phenoxy) is 3. The molecule has 0 N–H and O–H groups in total. The van der Waals surface area contributed by atoms with Gasteiger partial charge in [0.1, 0.15) is 5.75 Å². The number of hydrogen-bond donors (Lipinski definition) is 0. The van der Waals surface area contributed by atoms with E-state index in [2.05, 4.69) is 4.98 Å². The van der Waals surface area contributed by atoms with Gasteiger partial charge in [0.2, 0.25) is 0 Å². The zero-order chi connectivity index (χ0) is 21.8. The second kappa shape index (κ2) is 9.01. The van der Waals surface area contributed by atoms with Gasteiger partial charge in [-0.15, -0.1) is 0 Å². The maximum atomic E-state index is 13.7. The van der Waals surface area contributed by atoms with E-state index in [0.29, 0.717) is 27.9 Å². The summed E-state index contributed by atoms with van der Waals surface area (Å²) in [7, 11) is 4.67. The first-order chi connectivity index (χ1) is 15.1. The highest BCUT2D eigenvalue weighted by Gasteiger charge is 2.26. The quantitative estimate of drug-likeness (QED) is 0.424. The Morgan fingerprint density at radius 3 is 2.58 bits per heavy atom. The Morgan fingerprint density at radius 1 is 1.00 bits per heavy atom. The van der Waals surface area contributed by atoms with Crippen LogP contribution in [-0.4, -0.2) is 37.2 Å². The van der Waals surface area contributed by atoms with Gasteiger partial charge >= 0.3 is 0 Å². The van der Waals surface area contributed by atoms with Gasteiger partial charge in [0.25, 0.3) is 5.91 Å². The number of hydrogen-bond acceptors (Lipinski definition) is 7. The van der Waals surface area contributed by atoms with Crippen molar-refractivity contribution in [2.75, 3.05) is 26.2 Å². The summed E-state index contributed by atoms with van der Waals surface area (Å²) in [6.45, 7) is 0.261. The Hall–Kier alpha value is -3.65. The van der Waals surface area contributed by atoms with Crippen LogP contribution >= 0.6 is 11.3 Å². The molecular formula is C23H21N3O4S. The number of pyridine rings is 1. The van der Waals surface area contributed by atoms with Crippen molar-refractivity contribution in [3.63, 3.8) is 0 Å². The summed E-state index contributed by atoms with van der Waals surface area (Å²) in [6.07, 6.45) is 1.70. The van der Waals surface area contributed by atoms with Gasteiger partial charge in [-0.3, -0.25) is 14.7 Å². The van der Waals surface area contributed by atoms with Crippen molar-refractivity contribution in [3.8, 4) is 17.2 Å². The molecule has 0 atom stereocenters. The van der Waals surface area contributed by atoms with Crippen LogP contribution in [0, 0.1) is 0 Å². The fourth-order valence-corrected chi connectivity index (χ4v) is 4.16. The zero-order valence-electron chi connectivity index (χ0n) is 17.4. The molecule has 0 unspecified atom stereocenters. The van der Waals surface area contributed by atoms with E-state index in [1.54, 1.807) is 43.5 Å². The summed E-state index contributed by atoms with van der Waals surface area (Å²) in [4.78, 5) is 24.4. The smallest absolute Gasteiger partial charge is 0.264 e. The van der Waals surface area contributed by atoms with E-state index in [4.69, 9.17) is 19.2 Å². The highest BCUT2D eigenvalue weighted by Crippen LogP contribution is 2.36. The Morgan fingerprint density at radius 2 is 1.87 bits per heavy atom. The average molecular weight is 436 g/mol. The number of methoxy groups -OCH3 is 3. The number of aromatic nitrogens is 2. The van der Waals surface area contributed by atoms with Crippen molar-refractivity contribution in [1.82, 2.24) is 9.97 Å². The van der Waals surface area contributed by atoms with Crippen LogP contribution in [0.25, 0.3) is 10.2 Å². The van der Waals surface area contributed by atoms with Gasteiger partial charge in [-0.25, -0.2) is 4.98 Å². The van der Waals surface area contributed by atoms with Crippen LogP contribution in [0.15, 0.2) is 60.8 Å². The lowest BCUT2D eigenvalue weighted by Crippen LogP contribution is -2.31. The third kappa shape index (κ3) is 4.15. The topological polar surface area (TPSA) is 73.8 Å². The number of thiazole rings is 1. The minimum Gasteiger partial charge on any atom is -0.497 e. The van der Waals surface area contributed by atoms with Gasteiger partial charge < -0.3 is 14.2 Å². The molecule has 0 radical (unpaired) electrons. The number of rotatable bonds is 7. The number of benzene rings is 2. The summed E-state index contributed by atoms with van der Waals surface area (Å²) >= 11 is 1.43. The predicted octanol–water partition coefficient (Wildman–Crippen LogP) is 4.56. The lowest BCUT2D eigenvalue weighted by molar-refractivity contribution is 0.0981. The highest BCUT2D eigenvalue weighted by atomic mass is 32.1. The van der Waals surface area contributed by atoms with Gasteiger partial charge in [-0.1, -0.05) is 23.5 Å². The lowest BCUT2D eigenvalue weighted by atomic mass is 10.1. The van der Waals surface area contributed by atoms with Crippen LogP contribution in [0.2, 0.25) is 0 Å². The standard InChI is InChI=1S/C23H21N3O4S/c1-28-16-10-11-20-18(13-16)25-23(31-20)26(14-15-7-4-5-12-24-15)22(27)17-8-6-9-19(29-2)21(17)30-3/h4-13H,14H2,1-3H3. The summed E-state index contributed by atoms with van der Waals surface area (Å²) < 4.78 is 17.1. The maximum absolute atomic E-state index is 13.7. The Balaban J connectivity index is 1.81. The molecule has 2 aromatic heterocycles. The molecule has 0 saturated carbocycles. The molecule has 1 amide bonds. The molecule has 7 nitrogen and oxygen atoms in total. The normalized spacial score (nSPS) is 10.7. The van der Waals surface area contributed by atoms with Crippen molar-refractivity contribution < 1.29 is 19.0 Å². The Kier molecular flexibility index (Phi) is 5.99. The minimum absolute atomic E-state index is 0.257. The van der Waals surface area contributed by atoms with E-state index >= 15 is 0 Å². The molecule has 31 heavy (non-hydrogen) atoms. The van der Waals surface area contributed by atoms with Crippen LogP contribution in [0.5, 0.6) is 17.2 Å². The summed E-state index contributed by atoms with van der Waals surface area (Å²) in [5.41, 5.74) is 1.89. The van der Waals surface area contributed by atoms with Crippen molar-refractivity contribution in [1.29, 1.82) is 0 Å². The number of para-hydroxylation sites is 1. The van der Waals surface area contributed by atoms with Gasteiger partial charge in [-0.2, -0.15) is 0 Å².